The van der Waals surface area contributed by atoms with Crippen molar-refractivity contribution in [2.75, 3.05) is 16.9 Å². The van der Waals surface area contributed by atoms with E-state index in [9.17, 15) is 9.90 Å². The number of rotatable bonds is 5. The predicted octanol–water partition coefficient (Wildman–Crippen LogP) is 3.28. The van der Waals surface area contributed by atoms with Gasteiger partial charge in [0.2, 0.25) is 0 Å². The van der Waals surface area contributed by atoms with Crippen molar-refractivity contribution in [3.8, 4) is 0 Å². The molecule has 4 rings (SSSR count). The minimum absolute atomic E-state index is 0.191. The predicted molar refractivity (Wildman–Crippen MR) is 92.2 cm³/mol. The monoisotopic (exact) mass is 344 g/mol. The largest absolute Gasteiger partial charge is 0.478 e. The molecular formula is C17H17ClN4O2. The van der Waals surface area contributed by atoms with Gasteiger partial charge in [0, 0.05) is 23.3 Å². The molecule has 2 aliphatic rings. The number of nitrogens with zero attached hydrogens (tertiary/aromatic N) is 2. The number of hydrazine groups is 1. The zero-order valence-corrected chi connectivity index (χ0v) is 13.6. The van der Waals surface area contributed by atoms with Crippen molar-refractivity contribution in [2.45, 2.75) is 19.0 Å². The van der Waals surface area contributed by atoms with Crippen LogP contribution in [0, 0.1) is 5.92 Å². The summed E-state index contributed by atoms with van der Waals surface area (Å²) in [4.78, 5) is 15.4. The third kappa shape index (κ3) is 2.90. The van der Waals surface area contributed by atoms with Gasteiger partial charge in [-0.3, -0.25) is 4.98 Å². The lowest BCUT2D eigenvalue weighted by molar-refractivity contribution is 0.0697. The van der Waals surface area contributed by atoms with Gasteiger partial charge in [0.25, 0.3) is 0 Å². The molecule has 1 aliphatic carbocycles. The molecule has 1 aliphatic heterocycles. The van der Waals surface area contributed by atoms with E-state index in [1.165, 1.54) is 31.3 Å². The van der Waals surface area contributed by atoms with Crippen molar-refractivity contribution in [2.24, 2.45) is 5.92 Å². The van der Waals surface area contributed by atoms with Gasteiger partial charge in [0.1, 0.15) is 6.17 Å². The fraction of sp³-hybridized carbons (Fsp3) is 0.294. The molecule has 2 aromatic rings. The van der Waals surface area contributed by atoms with Gasteiger partial charge < -0.3 is 15.4 Å². The van der Waals surface area contributed by atoms with E-state index in [4.69, 9.17) is 11.6 Å². The van der Waals surface area contributed by atoms with E-state index in [0.717, 1.165) is 17.8 Å². The highest BCUT2D eigenvalue weighted by atomic mass is 35.5. The lowest BCUT2D eigenvalue weighted by Gasteiger charge is -2.22. The number of benzene rings is 1. The number of pyridine rings is 1. The summed E-state index contributed by atoms with van der Waals surface area (Å²) < 4.78 is 0. The van der Waals surface area contributed by atoms with Crippen LogP contribution in [0.15, 0.2) is 36.7 Å². The molecule has 24 heavy (non-hydrogen) atoms. The second kappa shape index (κ2) is 5.96. The summed E-state index contributed by atoms with van der Waals surface area (Å²) in [7, 11) is 0. The number of carbonyl (C=O) groups is 1. The summed E-state index contributed by atoms with van der Waals surface area (Å²) >= 11 is 6.16. The Hall–Kier alpha value is -2.31. The first kappa shape index (κ1) is 15.2. The highest BCUT2D eigenvalue weighted by Crippen LogP contribution is 2.39. The summed E-state index contributed by atoms with van der Waals surface area (Å²) in [6.45, 7) is 0.936. The van der Waals surface area contributed by atoms with Crippen LogP contribution in [0.3, 0.4) is 0 Å². The van der Waals surface area contributed by atoms with E-state index in [2.05, 4.69) is 20.7 Å². The number of hydrogen-bond donors (Lipinski definition) is 3. The quantitative estimate of drug-likeness (QED) is 0.772. The molecular weight excluding hydrogens is 328 g/mol. The van der Waals surface area contributed by atoms with Crippen molar-refractivity contribution < 1.29 is 9.90 Å². The van der Waals surface area contributed by atoms with Crippen LogP contribution >= 0.6 is 11.6 Å². The first-order valence-corrected chi connectivity index (χ1v) is 8.26. The Balaban J connectivity index is 1.64. The molecule has 7 heteroatoms. The van der Waals surface area contributed by atoms with Crippen LogP contribution in [0.1, 0.15) is 34.9 Å². The normalized spacial score (nSPS) is 19.2. The molecule has 0 spiro atoms. The van der Waals surface area contributed by atoms with E-state index in [1.54, 1.807) is 0 Å². The maximum Gasteiger partial charge on any atom is 0.337 e. The van der Waals surface area contributed by atoms with Gasteiger partial charge in [-0.2, -0.15) is 0 Å². The van der Waals surface area contributed by atoms with E-state index in [0.29, 0.717) is 16.6 Å². The van der Waals surface area contributed by atoms with Crippen molar-refractivity contribution in [3.05, 3.63) is 52.8 Å². The maximum absolute atomic E-state index is 11.4. The highest BCUT2D eigenvalue weighted by molar-refractivity contribution is 6.30. The minimum atomic E-state index is -0.987. The second-order valence-corrected chi connectivity index (χ2v) is 6.63. The van der Waals surface area contributed by atoms with Gasteiger partial charge in [-0.15, -0.1) is 0 Å². The van der Waals surface area contributed by atoms with Crippen molar-refractivity contribution >= 4 is 28.9 Å². The molecule has 2 heterocycles. The average Bonchev–Trinajstić information content (AvgIpc) is 3.32. The highest BCUT2D eigenvalue weighted by Gasteiger charge is 2.33. The van der Waals surface area contributed by atoms with Crippen LogP contribution in [0.25, 0.3) is 0 Å². The molecule has 3 N–H and O–H groups in total. The first-order chi connectivity index (χ1) is 11.6. The third-order valence-corrected chi connectivity index (χ3v) is 4.60. The topological polar surface area (TPSA) is 77.5 Å². The Kier molecular flexibility index (Phi) is 3.78. The molecule has 0 saturated heterocycles. The summed E-state index contributed by atoms with van der Waals surface area (Å²) in [6.07, 6.45) is 5.26. The molecule has 0 radical (unpaired) electrons. The molecule has 6 nitrogen and oxygen atoms in total. The van der Waals surface area contributed by atoms with E-state index < -0.39 is 5.97 Å². The fourth-order valence-electron chi connectivity index (χ4n) is 2.97. The van der Waals surface area contributed by atoms with Crippen molar-refractivity contribution in [1.82, 2.24) is 10.4 Å². The molecule has 1 fully saturated rings. The molecule has 0 bridgehead atoms. The zero-order valence-electron chi connectivity index (χ0n) is 12.9. The van der Waals surface area contributed by atoms with Crippen LogP contribution < -0.4 is 15.8 Å². The number of aromatic nitrogens is 1. The fourth-order valence-corrected chi connectivity index (χ4v) is 3.15. The average molecular weight is 345 g/mol. The van der Waals surface area contributed by atoms with Crippen molar-refractivity contribution in [1.29, 1.82) is 0 Å². The molecule has 1 atom stereocenters. The number of fused-ring (bicyclic) bond motifs is 1. The zero-order chi connectivity index (χ0) is 16.7. The van der Waals surface area contributed by atoms with Crippen molar-refractivity contribution in [3.63, 3.8) is 0 Å². The summed E-state index contributed by atoms with van der Waals surface area (Å²) in [5.41, 5.74) is 6.15. The standard InChI is InChI=1S/C17H17ClN4O2/c18-11-3-4-15-13(7-11)16(21-22(15)9-10-1-2-10)20-14-8-19-6-5-12(14)17(23)24/h3-8,10,16,20-21H,1-2,9H2,(H,23,24). The smallest absolute Gasteiger partial charge is 0.337 e. The number of nitrogens with one attached hydrogen (secondary N) is 2. The molecule has 1 unspecified atom stereocenters. The Morgan fingerprint density at radius 1 is 1.42 bits per heavy atom. The summed E-state index contributed by atoms with van der Waals surface area (Å²) in [5.74, 6) is -0.271. The Morgan fingerprint density at radius 3 is 3.00 bits per heavy atom. The molecule has 1 aromatic heterocycles. The minimum Gasteiger partial charge on any atom is -0.478 e. The van der Waals surface area contributed by atoms with Gasteiger partial charge >= 0.3 is 5.97 Å². The third-order valence-electron chi connectivity index (χ3n) is 4.37. The first-order valence-electron chi connectivity index (χ1n) is 7.89. The molecule has 124 valence electrons. The van der Waals surface area contributed by atoms with Crippen LogP contribution in [0.4, 0.5) is 11.4 Å². The lowest BCUT2D eigenvalue weighted by Crippen LogP contribution is -2.38. The maximum atomic E-state index is 11.4. The second-order valence-electron chi connectivity index (χ2n) is 6.19. The van der Waals surface area contributed by atoms with Gasteiger partial charge in [0.15, 0.2) is 0 Å². The van der Waals surface area contributed by atoms with E-state index in [-0.39, 0.29) is 11.7 Å². The van der Waals surface area contributed by atoms with Gasteiger partial charge in [-0.1, -0.05) is 11.6 Å². The van der Waals surface area contributed by atoms with Gasteiger partial charge in [0.05, 0.1) is 23.1 Å². The number of hydrogen-bond acceptors (Lipinski definition) is 5. The number of halogens is 1. The molecule has 1 saturated carbocycles. The number of anilines is 2. The lowest BCUT2D eigenvalue weighted by atomic mass is 10.1. The molecule has 1 aromatic carbocycles. The number of carboxylic acids is 1. The van der Waals surface area contributed by atoms with Gasteiger partial charge in [-0.25, -0.2) is 10.2 Å². The van der Waals surface area contributed by atoms with Crippen LogP contribution in [-0.2, 0) is 0 Å². The van der Waals surface area contributed by atoms with E-state index >= 15 is 0 Å². The van der Waals surface area contributed by atoms with Crippen LogP contribution in [-0.4, -0.2) is 22.6 Å². The Labute approximate surface area is 144 Å². The Bertz CT molecular complexity index is 794. The van der Waals surface area contributed by atoms with Crippen LogP contribution in [0.5, 0.6) is 0 Å². The SMILES string of the molecule is O=C(O)c1ccncc1NC1NN(CC2CC2)c2ccc(Cl)cc21. The number of carboxylic acid groups (broad SMARTS) is 1. The Morgan fingerprint density at radius 2 is 2.25 bits per heavy atom. The number of aromatic carboxylic acids is 1. The van der Waals surface area contributed by atoms with Crippen LogP contribution in [0.2, 0.25) is 5.02 Å². The summed E-state index contributed by atoms with van der Waals surface area (Å²) in [6, 6.07) is 7.26. The summed E-state index contributed by atoms with van der Waals surface area (Å²) in [5, 5.41) is 15.4. The molecule has 0 amide bonds. The van der Waals surface area contributed by atoms with E-state index in [1.807, 2.05) is 18.2 Å². The van der Waals surface area contributed by atoms with Gasteiger partial charge in [-0.05, 0) is 43.0 Å².